The molecule has 0 aliphatic carbocycles. The maximum Gasteiger partial charge on any atom is 0.344 e. The van der Waals surface area contributed by atoms with Gasteiger partial charge < -0.3 is 24.1 Å². The first-order chi connectivity index (χ1) is 12.9. The molecule has 0 radical (unpaired) electrons. The topological polar surface area (TPSA) is 91.3 Å². The number of ether oxygens (including phenoxy) is 4. The van der Waals surface area contributed by atoms with Crippen LogP contribution in [0.25, 0.3) is 6.08 Å². The summed E-state index contributed by atoms with van der Waals surface area (Å²) in [6.45, 7) is 1.42. The molecule has 140 valence electrons. The Labute approximate surface area is 155 Å². The van der Waals surface area contributed by atoms with Crippen LogP contribution in [0.5, 0.6) is 23.0 Å². The first-order valence-electron chi connectivity index (χ1n) is 8.12. The van der Waals surface area contributed by atoms with Gasteiger partial charge in [-0.05, 0) is 42.8 Å². The van der Waals surface area contributed by atoms with E-state index >= 15 is 0 Å². The number of hydrogen-bond acceptors (Lipinski definition) is 6. The second-order valence-electron chi connectivity index (χ2n) is 5.81. The van der Waals surface area contributed by atoms with Crippen molar-refractivity contribution < 1.29 is 33.6 Å². The SMILES string of the molecule is COc1ccc(C=C2Oc3cc(OC(C)C(=O)O)ccc3C2=O)cc1OC. The molecule has 0 saturated heterocycles. The van der Waals surface area contributed by atoms with E-state index < -0.39 is 12.1 Å². The summed E-state index contributed by atoms with van der Waals surface area (Å²) in [5.41, 5.74) is 1.09. The standard InChI is InChI=1S/C20H18O7/c1-11(20(22)23)26-13-5-6-14-16(10-13)27-18(19(14)21)9-12-4-7-15(24-2)17(8-12)25-3/h4-11H,1-3H3,(H,22,23). The van der Waals surface area contributed by atoms with Crippen molar-refractivity contribution in [2.75, 3.05) is 14.2 Å². The highest BCUT2D eigenvalue weighted by Crippen LogP contribution is 2.36. The van der Waals surface area contributed by atoms with Crippen molar-refractivity contribution in [3.8, 4) is 23.0 Å². The van der Waals surface area contributed by atoms with Crippen LogP contribution < -0.4 is 18.9 Å². The van der Waals surface area contributed by atoms with Gasteiger partial charge in [-0.3, -0.25) is 4.79 Å². The second kappa shape index (κ2) is 7.41. The lowest BCUT2D eigenvalue weighted by Crippen LogP contribution is -2.22. The van der Waals surface area contributed by atoms with Crippen LogP contribution in [0.3, 0.4) is 0 Å². The lowest BCUT2D eigenvalue weighted by molar-refractivity contribution is -0.144. The molecule has 2 aromatic carbocycles. The summed E-state index contributed by atoms with van der Waals surface area (Å²) in [4.78, 5) is 23.4. The molecule has 7 nitrogen and oxygen atoms in total. The minimum absolute atomic E-state index is 0.153. The number of rotatable bonds is 6. The van der Waals surface area contributed by atoms with Crippen LogP contribution in [0.2, 0.25) is 0 Å². The first kappa shape index (κ1) is 18.3. The van der Waals surface area contributed by atoms with Gasteiger partial charge in [-0.2, -0.15) is 0 Å². The molecule has 0 saturated carbocycles. The van der Waals surface area contributed by atoms with Crippen molar-refractivity contribution in [2.24, 2.45) is 0 Å². The molecular weight excluding hydrogens is 352 g/mol. The average molecular weight is 370 g/mol. The van der Waals surface area contributed by atoms with E-state index in [1.807, 2.05) is 0 Å². The van der Waals surface area contributed by atoms with Gasteiger partial charge in [-0.25, -0.2) is 4.79 Å². The van der Waals surface area contributed by atoms with Crippen molar-refractivity contribution in [2.45, 2.75) is 13.0 Å². The van der Waals surface area contributed by atoms with Crippen LogP contribution >= 0.6 is 0 Å². The normalized spacial score (nSPS) is 15.1. The van der Waals surface area contributed by atoms with Gasteiger partial charge in [0, 0.05) is 6.07 Å². The molecule has 1 aliphatic rings. The van der Waals surface area contributed by atoms with Crippen molar-refractivity contribution in [1.82, 2.24) is 0 Å². The summed E-state index contributed by atoms with van der Waals surface area (Å²) in [5.74, 6) is 0.550. The molecule has 1 heterocycles. The molecule has 2 aromatic rings. The maximum absolute atomic E-state index is 12.5. The smallest absolute Gasteiger partial charge is 0.344 e. The zero-order valence-corrected chi connectivity index (χ0v) is 15.0. The summed E-state index contributed by atoms with van der Waals surface area (Å²) < 4.78 is 21.4. The highest BCUT2D eigenvalue weighted by molar-refractivity contribution is 6.14. The van der Waals surface area contributed by atoms with Crippen molar-refractivity contribution >= 4 is 17.8 Å². The molecule has 3 rings (SSSR count). The molecular formula is C20H18O7. The van der Waals surface area contributed by atoms with Gasteiger partial charge in [-0.1, -0.05) is 6.07 Å². The van der Waals surface area contributed by atoms with Crippen LogP contribution in [0, 0.1) is 0 Å². The Kier molecular flexibility index (Phi) is 5.03. The largest absolute Gasteiger partial charge is 0.493 e. The van der Waals surface area contributed by atoms with Crippen molar-refractivity contribution in [3.63, 3.8) is 0 Å². The predicted octanol–water partition coefficient (Wildman–Crippen LogP) is 3.17. The number of fused-ring (bicyclic) bond motifs is 1. The number of carboxylic acid groups (broad SMARTS) is 1. The zero-order valence-electron chi connectivity index (χ0n) is 15.0. The molecule has 27 heavy (non-hydrogen) atoms. The van der Waals surface area contributed by atoms with Gasteiger partial charge in [-0.15, -0.1) is 0 Å². The van der Waals surface area contributed by atoms with Gasteiger partial charge in [0.2, 0.25) is 5.78 Å². The number of allylic oxidation sites excluding steroid dienone is 1. The summed E-state index contributed by atoms with van der Waals surface area (Å²) >= 11 is 0. The Morgan fingerprint density at radius 2 is 1.85 bits per heavy atom. The Morgan fingerprint density at radius 3 is 2.52 bits per heavy atom. The van der Waals surface area contributed by atoms with Gasteiger partial charge in [0.1, 0.15) is 11.5 Å². The number of carbonyl (C=O) groups excluding carboxylic acids is 1. The van der Waals surface area contributed by atoms with E-state index in [9.17, 15) is 9.59 Å². The number of methoxy groups -OCH3 is 2. The minimum atomic E-state index is -1.08. The van der Waals surface area contributed by atoms with E-state index in [1.54, 1.807) is 43.5 Å². The number of aliphatic carboxylic acids is 1. The fourth-order valence-electron chi connectivity index (χ4n) is 2.59. The lowest BCUT2D eigenvalue weighted by atomic mass is 10.1. The fourth-order valence-corrected chi connectivity index (χ4v) is 2.59. The molecule has 1 atom stereocenters. The monoisotopic (exact) mass is 370 g/mol. The van der Waals surface area contributed by atoms with Crippen LogP contribution in [-0.4, -0.2) is 37.2 Å². The fraction of sp³-hybridized carbons (Fsp3) is 0.200. The zero-order chi connectivity index (χ0) is 19.6. The van der Waals surface area contributed by atoms with E-state index in [0.717, 1.165) is 0 Å². The molecule has 0 amide bonds. The molecule has 0 aromatic heterocycles. The van der Waals surface area contributed by atoms with Crippen LogP contribution in [0.15, 0.2) is 42.2 Å². The molecule has 0 fully saturated rings. The minimum Gasteiger partial charge on any atom is -0.493 e. The highest BCUT2D eigenvalue weighted by Gasteiger charge is 2.28. The van der Waals surface area contributed by atoms with Crippen LogP contribution in [-0.2, 0) is 4.79 Å². The number of ketones is 1. The van der Waals surface area contributed by atoms with Gasteiger partial charge >= 0.3 is 5.97 Å². The summed E-state index contributed by atoms with van der Waals surface area (Å²) in [6.07, 6.45) is 0.590. The van der Waals surface area contributed by atoms with E-state index in [4.69, 9.17) is 24.1 Å². The van der Waals surface area contributed by atoms with Gasteiger partial charge in [0.05, 0.1) is 19.8 Å². The second-order valence-corrected chi connectivity index (χ2v) is 5.81. The molecule has 1 unspecified atom stereocenters. The van der Waals surface area contributed by atoms with E-state index in [-0.39, 0.29) is 11.5 Å². The van der Waals surface area contributed by atoms with Crippen LogP contribution in [0.1, 0.15) is 22.8 Å². The third-order valence-electron chi connectivity index (χ3n) is 4.01. The van der Waals surface area contributed by atoms with E-state index in [1.165, 1.54) is 20.1 Å². The van der Waals surface area contributed by atoms with Gasteiger partial charge in [0.25, 0.3) is 0 Å². The van der Waals surface area contributed by atoms with Gasteiger partial charge in [0.15, 0.2) is 23.4 Å². The molecule has 0 spiro atoms. The maximum atomic E-state index is 12.5. The third-order valence-corrected chi connectivity index (χ3v) is 4.01. The summed E-state index contributed by atoms with van der Waals surface area (Å²) in [5, 5.41) is 8.93. The number of hydrogen-bond donors (Lipinski definition) is 1. The number of Topliss-reactive ketones (excluding diaryl/α,β-unsaturated/α-hetero) is 1. The number of carbonyl (C=O) groups is 2. The number of carboxylic acids is 1. The van der Waals surface area contributed by atoms with E-state index in [0.29, 0.717) is 34.1 Å². The molecule has 7 heteroatoms. The Morgan fingerprint density at radius 1 is 1.11 bits per heavy atom. The quantitative estimate of drug-likeness (QED) is 0.781. The van der Waals surface area contributed by atoms with Crippen LogP contribution in [0.4, 0.5) is 0 Å². The van der Waals surface area contributed by atoms with Crippen molar-refractivity contribution in [1.29, 1.82) is 0 Å². The molecule has 1 aliphatic heterocycles. The molecule has 1 N–H and O–H groups in total. The average Bonchev–Trinajstić information content (AvgIpc) is 2.96. The summed E-state index contributed by atoms with van der Waals surface area (Å²) in [7, 11) is 3.07. The highest BCUT2D eigenvalue weighted by atomic mass is 16.5. The first-order valence-corrected chi connectivity index (χ1v) is 8.12. The van der Waals surface area contributed by atoms with Crippen molar-refractivity contribution in [3.05, 3.63) is 53.3 Å². The Bertz CT molecular complexity index is 930. The Hall–Kier alpha value is -3.48. The lowest BCUT2D eigenvalue weighted by Gasteiger charge is -2.10. The Balaban J connectivity index is 1.86. The third kappa shape index (κ3) is 3.72. The van der Waals surface area contributed by atoms with E-state index in [2.05, 4.69) is 0 Å². The number of benzene rings is 2. The molecule has 0 bridgehead atoms. The predicted molar refractivity (Wildman–Crippen MR) is 96.6 cm³/mol. The summed E-state index contributed by atoms with van der Waals surface area (Å²) in [6, 6.07) is 9.83.